The number of nitrogens with zero attached hydrogens (tertiary/aromatic N) is 3. The Labute approximate surface area is 154 Å². The van der Waals surface area contributed by atoms with Gasteiger partial charge in [0.25, 0.3) is 0 Å². The van der Waals surface area contributed by atoms with Crippen molar-refractivity contribution in [2.45, 2.75) is 33.0 Å². The van der Waals surface area contributed by atoms with Crippen molar-refractivity contribution in [3.05, 3.63) is 48.0 Å². The van der Waals surface area contributed by atoms with Gasteiger partial charge >= 0.3 is 0 Å². The van der Waals surface area contributed by atoms with Crippen molar-refractivity contribution in [1.29, 1.82) is 0 Å². The molecular formula is C19H27N5O2. The molecule has 1 fully saturated rings. The van der Waals surface area contributed by atoms with Crippen LogP contribution in [-0.2, 0) is 17.8 Å². The van der Waals surface area contributed by atoms with Gasteiger partial charge in [-0.05, 0) is 37.6 Å². The molecule has 0 aliphatic carbocycles. The van der Waals surface area contributed by atoms with E-state index in [0.717, 1.165) is 49.3 Å². The molecule has 2 aromatic heterocycles. The highest BCUT2D eigenvalue weighted by molar-refractivity contribution is 5.79. The van der Waals surface area contributed by atoms with Crippen molar-refractivity contribution in [2.24, 2.45) is 4.99 Å². The van der Waals surface area contributed by atoms with E-state index in [1.807, 2.05) is 25.3 Å². The summed E-state index contributed by atoms with van der Waals surface area (Å²) in [7, 11) is 0. The van der Waals surface area contributed by atoms with Gasteiger partial charge in [-0.2, -0.15) is 0 Å². The van der Waals surface area contributed by atoms with Gasteiger partial charge in [-0.15, -0.1) is 0 Å². The summed E-state index contributed by atoms with van der Waals surface area (Å²) >= 11 is 0. The Kier molecular flexibility index (Phi) is 6.49. The normalized spacial score (nSPS) is 18.0. The van der Waals surface area contributed by atoms with Crippen molar-refractivity contribution in [1.82, 2.24) is 15.6 Å². The van der Waals surface area contributed by atoms with Gasteiger partial charge in [-0.1, -0.05) is 6.07 Å². The molecule has 1 aliphatic rings. The largest absolute Gasteiger partial charge is 0.467 e. The number of aliphatic imine (C=N–C) groups is 1. The average Bonchev–Trinajstić information content (AvgIpc) is 3.18. The number of hydrogen-bond acceptors (Lipinski definition) is 5. The van der Waals surface area contributed by atoms with Crippen LogP contribution in [0.25, 0.3) is 0 Å². The number of guanidine groups is 1. The van der Waals surface area contributed by atoms with Gasteiger partial charge in [0.05, 0.1) is 32.1 Å². The number of nitrogens with one attached hydrogen (secondary N) is 2. The Hall–Kier alpha value is -2.54. The fourth-order valence-corrected chi connectivity index (χ4v) is 2.82. The molecule has 0 saturated carbocycles. The third-order valence-corrected chi connectivity index (χ3v) is 4.15. The first-order chi connectivity index (χ1) is 12.7. The van der Waals surface area contributed by atoms with Crippen LogP contribution in [0.5, 0.6) is 0 Å². The molecule has 0 spiro atoms. The monoisotopic (exact) mass is 357 g/mol. The van der Waals surface area contributed by atoms with E-state index in [1.54, 1.807) is 6.26 Å². The number of morpholine rings is 1. The summed E-state index contributed by atoms with van der Waals surface area (Å²) in [5, 5.41) is 6.50. The van der Waals surface area contributed by atoms with Gasteiger partial charge in [0, 0.05) is 25.8 Å². The Morgan fingerprint density at radius 2 is 2.27 bits per heavy atom. The number of furan rings is 1. The highest BCUT2D eigenvalue weighted by atomic mass is 16.5. The second kappa shape index (κ2) is 9.24. The fraction of sp³-hybridized carbons (Fsp3) is 0.474. The van der Waals surface area contributed by atoms with E-state index < -0.39 is 0 Å². The second-order valence-electron chi connectivity index (χ2n) is 6.28. The molecule has 7 heteroatoms. The second-order valence-corrected chi connectivity index (χ2v) is 6.28. The number of aromatic nitrogens is 1. The first kappa shape index (κ1) is 18.3. The standard InChI is InChI=1S/C19H27N5O2/c1-3-20-19(23-13-17-5-4-9-26-17)22-12-16-6-7-18(21-11-16)24-8-10-25-15(2)14-24/h4-7,9,11,15H,3,8,10,12-14H2,1-2H3,(H2,20,22,23). The van der Waals surface area contributed by atoms with E-state index in [-0.39, 0.29) is 6.10 Å². The lowest BCUT2D eigenvalue weighted by molar-refractivity contribution is 0.0529. The van der Waals surface area contributed by atoms with Crippen LogP contribution in [0.3, 0.4) is 0 Å². The van der Waals surface area contributed by atoms with Crippen LogP contribution >= 0.6 is 0 Å². The zero-order valence-corrected chi connectivity index (χ0v) is 15.4. The number of anilines is 1. The molecule has 1 aliphatic heterocycles. The predicted octanol–water partition coefficient (Wildman–Crippen LogP) is 2.15. The number of pyridine rings is 1. The minimum absolute atomic E-state index is 0.248. The quantitative estimate of drug-likeness (QED) is 0.610. The van der Waals surface area contributed by atoms with Gasteiger partial charge < -0.3 is 24.7 Å². The van der Waals surface area contributed by atoms with Crippen molar-refractivity contribution < 1.29 is 9.15 Å². The average molecular weight is 357 g/mol. The van der Waals surface area contributed by atoms with E-state index in [2.05, 4.69) is 44.6 Å². The summed E-state index contributed by atoms with van der Waals surface area (Å²) in [5.41, 5.74) is 1.07. The van der Waals surface area contributed by atoms with Crippen LogP contribution in [0, 0.1) is 0 Å². The van der Waals surface area contributed by atoms with Crippen LogP contribution in [0.15, 0.2) is 46.1 Å². The zero-order chi connectivity index (χ0) is 18.2. The molecule has 0 aromatic carbocycles. The van der Waals surface area contributed by atoms with E-state index in [9.17, 15) is 0 Å². The Balaban J connectivity index is 1.56. The van der Waals surface area contributed by atoms with Crippen molar-refractivity contribution in [3.63, 3.8) is 0 Å². The number of ether oxygens (including phenoxy) is 1. The van der Waals surface area contributed by atoms with Gasteiger partial charge in [0.2, 0.25) is 0 Å². The molecular weight excluding hydrogens is 330 g/mol. The van der Waals surface area contributed by atoms with Crippen LogP contribution in [0.2, 0.25) is 0 Å². The summed E-state index contributed by atoms with van der Waals surface area (Å²) in [6.07, 6.45) is 3.82. The topological polar surface area (TPSA) is 74.9 Å². The van der Waals surface area contributed by atoms with Gasteiger partial charge in [-0.25, -0.2) is 9.98 Å². The first-order valence-corrected chi connectivity index (χ1v) is 9.10. The molecule has 26 heavy (non-hydrogen) atoms. The van der Waals surface area contributed by atoms with Gasteiger partial charge in [0.15, 0.2) is 5.96 Å². The van der Waals surface area contributed by atoms with Crippen LogP contribution in [-0.4, -0.2) is 43.3 Å². The summed E-state index contributed by atoms with van der Waals surface area (Å²) in [6.45, 7) is 8.63. The van der Waals surface area contributed by atoms with Crippen molar-refractivity contribution in [2.75, 3.05) is 31.1 Å². The van der Waals surface area contributed by atoms with E-state index in [4.69, 9.17) is 9.15 Å². The van der Waals surface area contributed by atoms with Crippen LogP contribution in [0.4, 0.5) is 5.82 Å². The minimum atomic E-state index is 0.248. The van der Waals surface area contributed by atoms with Crippen LogP contribution in [0.1, 0.15) is 25.2 Å². The number of hydrogen-bond donors (Lipinski definition) is 2. The maximum atomic E-state index is 5.58. The molecule has 0 radical (unpaired) electrons. The number of rotatable bonds is 6. The van der Waals surface area contributed by atoms with E-state index in [0.29, 0.717) is 13.1 Å². The lowest BCUT2D eigenvalue weighted by atomic mass is 10.2. The molecule has 3 rings (SSSR count). The predicted molar refractivity (Wildman–Crippen MR) is 102 cm³/mol. The molecule has 140 valence electrons. The SMILES string of the molecule is CCNC(=NCc1ccc(N2CCOC(C)C2)nc1)NCc1ccco1. The van der Waals surface area contributed by atoms with Crippen molar-refractivity contribution >= 4 is 11.8 Å². The van der Waals surface area contributed by atoms with Crippen molar-refractivity contribution in [3.8, 4) is 0 Å². The van der Waals surface area contributed by atoms with Gasteiger partial charge in [0.1, 0.15) is 11.6 Å². The first-order valence-electron chi connectivity index (χ1n) is 9.10. The third kappa shape index (κ3) is 5.23. The zero-order valence-electron chi connectivity index (χ0n) is 15.4. The van der Waals surface area contributed by atoms with E-state index in [1.165, 1.54) is 0 Å². The summed E-state index contributed by atoms with van der Waals surface area (Å²) in [5.74, 6) is 2.63. The lowest BCUT2D eigenvalue weighted by Crippen LogP contribution is -2.41. The van der Waals surface area contributed by atoms with E-state index >= 15 is 0 Å². The molecule has 1 unspecified atom stereocenters. The summed E-state index contributed by atoms with van der Waals surface area (Å²) in [4.78, 5) is 11.5. The Morgan fingerprint density at radius 1 is 1.35 bits per heavy atom. The smallest absolute Gasteiger partial charge is 0.191 e. The molecule has 0 bridgehead atoms. The third-order valence-electron chi connectivity index (χ3n) is 4.15. The lowest BCUT2D eigenvalue weighted by Gasteiger charge is -2.32. The molecule has 2 N–H and O–H groups in total. The Bertz CT molecular complexity index is 684. The van der Waals surface area contributed by atoms with Crippen LogP contribution < -0.4 is 15.5 Å². The molecule has 7 nitrogen and oxygen atoms in total. The maximum Gasteiger partial charge on any atom is 0.191 e. The molecule has 1 atom stereocenters. The maximum absolute atomic E-state index is 5.58. The molecule has 0 amide bonds. The Morgan fingerprint density at radius 3 is 2.96 bits per heavy atom. The summed E-state index contributed by atoms with van der Waals surface area (Å²) < 4.78 is 10.9. The summed E-state index contributed by atoms with van der Waals surface area (Å²) in [6, 6.07) is 7.96. The minimum Gasteiger partial charge on any atom is -0.467 e. The molecule has 2 aromatic rings. The fourth-order valence-electron chi connectivity index (χ4n) is 2.82. The van der Waals surface area contributed by atoms with Gasteiger partial charge in [-0.3, -0.25) is 0 Å². The highest BCUT2D eigenvalue weighted by Crippen LogP contribution is 2.15. The highest BCUT2D eigenvalue weighted by Gasteiger charge is 2.17. The molecule has 1 saturated heterocycles. The molecule has 3 heterocycles.